The molecule has 0 spiro atoms. The van der Waals surface area contributed by atoms with E-state index in [-0.39, 0.29) is 24.4 Å². The van der Waals surface area contributed by atoms with Crippen molar-refractivity contribution in [2.45, 2.75) is 25.8 Å². The number of hydrogen-bond donors (Lipinski definition) is 2. The van der Waals surface area contributed by atoms with E-state index < -0.39 is 0 Å². The van der Waals surface area contributed by atoms with E-state index in [1.165, 1.54) is 6.42 Å². The van der Waals surface area contributed by atoms with Crippen molar-refractivity contribution in [1.29, 1.82) is 0 Å². The van der Waals surface area contributed by atoms with Crippen molar-refractivity contribution >= 4 is 39.9 Å². The van der Waals surface area contributed by atoms with Crippen LogP contribution in [0.15, 0.2) is 28.7 Å². The van der Waals surface area contributed by atoms with Crippen LogP contribution in [0.25, 0.3) is 0 Å². The zero-order chi connectivity index (χ0) is 14.5. The number of hydrogen-bond acceptors (Lipinski definition) is 3. The van der Waals surface area contributed by atoms with Gasteiger partial charge in [0.15, 0.2) is 0 Å². The summed E-state index contributed by atoms with van der Waals surface area (Å²) in [5.41, 5.74) is 6.80. The molecule has 118 valence electrons. The van der Waals surface area contributed by atoms with Crippen LogP contribution in [0.5, 0.6) is 0 Å². The molecule has 21 heavy (non-hydrogen) atoms. The van der Waals surface area contributed by atoms with Crippen molar-refractivity contribution in [1.82, 2.24) is 4.90 Å². The highest BCUT2D eigenvalue weighted by atomic mass is 79.9. The molecule has 0 radical (unpaired) electrons. The van der Waals surface area contributed by atoms with Crippen LogP contribution >= 0.6 is 28.3 Å². The third-order valence-electron chi connectivity index (χ3n) is 3.78. The lowest BCUT2D eigenvalue weighted by atomic mass is 9.92. The van der Waals surface area contributed by atoms with Crippen molar-refractivity contribution in [2.75, 3.05) is 25.0 Å². The molecule has 1 aliphatic heterocycles. The molecule has 0 saturated carbocycles. The Balaban J connectivity index is 0.00000220. The monoisotopic (exact) mass is 375 g/mol. The molecule has 1 fully saturated rings. The van der Waals surface area contributed by atoms with Gasteiger partial charge in [-0.3, -0.25) is 9.69 Å². The van der Waals surface area contributed by atoms with E-state index in [1.807, 2.05) is 24.3 Å². The largest absolute Gasteiger partial charge is 0.328 e. The molecule has 0 aromatic heterocycles. The molecular weight excluding hydrogens is 354 g/mol. The molecule has 1 aromatic rings. The molecule has 2 rings (SSSR count). The van der Waals surface area contributed by atoms with Gasteiger partial charge in [-0.2, -0.15) is 0 Å². The lowest BCUT2D eigenvalue weighted by molar-refractivity contribution is -0.117. The van der Waals surface area contributed by atoms with Gasteiger partial charge in [0.05, 0.1) is 6.54 Å². The summed E-state index contributed by atoms with van der Waals surface area (Å²) < 4.78 is 1.01. The van der Waals surface area contributed by atoms with Crippen LogP contribution in [0.2, 0.25) is 0 Å². The second-order valence-corrected chi connectivity index (χ2v) is 6.47. The quantitative estimate of drug-likeness (QED) is 0.849. The second-order valence-electron chi connectivity index (χ2n) is 5.55. The highest BCUT2D eigenvalue weighted by Gasteiger charge is 2.23. The number of likely N-dealkylation sites (tertiary alicyclic amines) is 1. The minimum absolute atomic E-state index is 0. The van der Waals surface area contributed by atoms with E-state index >= 15 is 0 Å². The summed E-state index contributed by atoms with van der Waals surface area (Å²) in [6.45, 7) is 4.40. The van der Waals surface area contributed by atoms with Crippen molar-refractivity contribution in [3.63, 3.8) is 0 Å². The average Bonchev–Trinajstić information content (AvgIpc) is 2.41. The van der Waals surface area contributed by atoms with E-state index in [4.69, 9.17) is 5.73 Å². The van der Waals surface area contributed by atoms with Crippen molar-refractivity contribution in [2.24, 2.45) is 11.7 Å². The van der Waals surface area contributed by atoms with Crippen LogP contribution in [0, 0.1) is 5.92 Å². The summed E-state index contributed by atoms with van der Waals surface area (Å²) in [4.78, 5) is 14.2. The maximum absolute atomic E-state index is 12.0. The van der Waals surface area contributed by atoms with Crippen LogP contribution in [-0.2, 0) is 4.79 Å². The van der Waals surface area contributed by atoms with Gasteiger partial charge in [-0.25, -0.2) is 0 Å². The highest BCUT2D eigenvalue weighted by Crippen LogP contribution is 2.19. The number of anilines is 1. The fraction of sp³-hybridized carbons (Fsp3) is 0.533. The number of piperidine rings is 1. The molecule has 1 heterocycles. The fourth-order valence-electron chi connectivity index (χ4n) is 2.60. The zero-order valence-electron chi connectivity index (χ0n) is 12.2. The molecule has 2 unspecified atom stereocenters. The summed E-state index contributed by atoms with van der Waals surface area (Å²) in [5, 5.41) is 2.93. The summed E-state index contributed by atoms with van der Waals surface area (Å²) in [6, 6.07) is 7.82. The average molecular weight is 377 g/mol. The molecule has 2 atom stereocenters. The Morgan fingerprint density at radius 3 is 2.76 bits per heavy atom. The Bertz CT molecular complexity index is 453. The van der Waals surface area contributed by atoms with Gasteiger partial charge in [0.25, 0.3) is 0 Å². The van der Waals surface area contributed by atoms with Crippen LogP contribution in [-0.4, -0.2) is 36.5 Å². The first-order valence-electron chi connectivity index (χ1n) is 7.08. The van der Waals surface area contributed by atoms with E-state index in [0.717, 1.165) is 29.7 Å². The predicted octanol–water partition coefficient (Wildman–Crippen LogP) is 2.87. The molecule has 1 amide bonds. The fourth-order valence-corrected chi connectivity index (χ4v) is 2.87. The Kier molecular flexibility index (Phi) is 7.66. The smallest absolute Gasteiger partial charge is 0.238 e. The van der Waals surface area contributed by atoms with Gasteiger partial charge in [0.2, 0.25) is 5.91 Å². The molecule has 4 nitrogen and oxygen atoms in total. The number of benzene rings is 1. The molecule has 1 aliphatic rings. The van der Waals surface area contributed by atoms with Crippen LogP contribution in [0.4, 0.5) is 5.69 Å². The highest BCUT2D eigenvalue weighted by molar-refractivity contribution is 9.10. The SMILES string of the molecule is CC(N)C1CCCN(CC(=O)Nc2ccc(Br)cc2)C1.Cl. The summed E-state index contributed by atoms with van der Waals surface area (Å²) in [7, 11) is 0. The number of nitrogens with one attached hydrogen (secondary N) is 1. The zero-order valence-corrected chi connectivity index (χ0v) is 14.6. The maximum Gasteiger partial charge on any atom is 0.238 e. The first-order chi connectivity index (χ1) is 9.54. The van der Waals surface area contributed by atoms with Gasteiger partial charge in [-0.1, -0.05) is 15.9 Å². The van der Waals surface area contributed by atoms with Crippen molar-refractivity contribution < 1.29 is 4.79 Å². The second kappa shape index (κ2) is 8.73. The summed E-state index contributed by atoms with van der Waals surface area (Å²) >= 11 is 3.38. The van der Waals surface area contributed by atoms with E-state index in [2.05, 4.69) is 33.1 Å². The molecular formula is C15H23BrClN3O. The third-order valence-corrected chi connectivity index (χ3v) is 4.31. The number of nitrogens with zero attached hydrogens (tertiary/aromatic N) is 1. The van der Waals surface area contributed by atoms with Crippen LogP contribution in [0.3, 0.4) is 0 Å². The predicted molar refractivity (Wildman–Crippen MR) is 92.8 cm³/mol. The van der Waals surface area contributed by atoms with Crippen LogP contribution < -0.4 is 11.1 Å². The minimum atomic E-state index is 0. The van der Waals surface area contributed by atoms with Crippen molar-refractivity contribution in [3.8, 4) is 0 Å². The minimum Gasteiger partial charge on any atom is -0.328 e. The summed E-state index contributed by atoms with van der Waals surface area (Å²) in [5.74, 6) is 0.543. The molecule has 1 aromatic carbocycles. The Labute approximate surface area is 141 Å². The van der Waals surface area contributed by atoms with Gasteiger partial charge >= 0.3 is 0 Å². The first kappa shape index (κ1) is 18.4. The van der Waals surface area contributed by atoms with Crippen molar-refractivity contribution in [3.05, 3.63) is 28.7 Å². The number of nitrogens with two attached hydrogens (primary N) is 1. The van der Waals surface area contributed by atoms with Gasteiger partial charge in [0, 0.05) is 22.7 Å². The normalized spacial score (nSPS) is 20.4. The maximum atomic E-state index is 12.0. The van der Waals surface area contributed by atoms with E-state index in [9.17, 15) is 4.79 Å². The summed E-state index contributed by atoms with van der Waals surface area (Å²) in [6.07, 6.45) is 2.29. The lowest BCUT2D eigenvalue weighted by Gasteiger charge is -2.34. The van der Waals surface area contributed by atoms with Crippen LogP contribution in [0.1, 0.15) is 19.8 Å². The Morgan fingerprint density at radius 1 is 1.48 bits per heavy atom. The standard InChI is InChI=1S/C15H22BrN3O.ClH/c1-11(17)12-3-2-8-19(9-12)10-15(20)18-14-6-4-13(16)5-7-14;/h4-7,11-12H,2-3,8-10,17H2,1H3,(H,18,20);1H. The number of amides is 1. The van der Waals surface area contributed by atoms with E-state index in [0.29, 0.717) is 12.5 Å². The number of carbonyl (C=O) groups excluding carboxylic acids is 1. The van der Waals surface area contributed by atoms with Gasteiger partial charge in [-0.15, -0.1) is 12.4 Å². The number of halogens is 2. The first-order valence-corrected chi connectivity index (χ1v) is 7.87. The van der Waals surface area contributed by atoms with E-state index in [1.54, 1.807) is 0 Å². The Hall–Kier alpha value is -0.620. The number of rotatable bonds is 4. The molecule has 6 heteroatoms. The molecule has 3 N–H and O–H groups in total. The topological polar surface area (TPSA) is 58.4 Å². The molecule has 0 aliphatic carbocycles. The lowest BCUT2D eigenvalue weighted by Crippen LogP contribution is -2.45. The van der Waals surface area contributed by atoms with Gasteiger partial charge in [-0.05, 0) is 56.5 Å². The van der Waals surface area contributed by atoms with Gasteiger partial charge in [0.1, 0.15) is 0 Å². The third kappa shape index (κ3) is 5.94. The molecule has 1 saturated heterocycles. The van der Waals surface area contributed by atoms with Gasteiger partial charge < -0.3 is 11.1 Å². The number of carbonyl (C=O) groups is 1. The molecule has 0 bridgehead atoms. The Morgan fingerprint density at radius 2 is 2.14 bits per heavy atom.